The molecular weight excluding hydrogens is 540 g/mol. The number of carbonyl (C=O) groups is 4. The molecule has 2 aromatic carbocycles. The lowest BCUT2D eigenvalue weighted by atomic mass is 9.91. The van der Waals surface area contributed by atoms with E-state index >= 15 is 0 Å². The van der Waals surface area contributed by atoms with Crippen LogP contribution in [0.5, 0.6) is 0 Å². The van der Waals surface area contributed by atoms with Crippen molar-refractivity contribution in [2.45, 2.75) is 0 Å². The van der Waals surface area contributed by atoms with Gasteiger partial charge < -0.3 is 0 Å². The zero-order chi connectivity index (χ0) is 21.5. The molecular formula is C16H2Cl8O4. The van der Waals surface area contributed by atoms with E-state index in [0.29, 0.717) is 0 Å². The summed E-state index contributed by atoms with van der Waals surface area (Å²) < 4.78 is 0. The fourth-order valence-electron chi connectivity index (χ4n) is 2.45. The fraction of sp³-hybridized carbons (Fsp3) is 0. The van der Waals surface area contributed by atoms with Crippen molar-refractivity contribution < 1.29 is 19.2 Å². The fourth-order valence-corrected chi connectivity index (χ4v) is 4.45. The predicted octanol–water partition coefficient (Wildman–Crippen LogP) is 7.66. The van der Waals surface area contributed by atoms with E-state index < -0.39 is 31.7 Å². The summed E-state index contributed by atoms with van der Waals surface area (Å²) in [4.78, 5) is 47.2. The molecule has 0 aliphatic heterocycles. The monoisotopic (exact) mass is 538 g/mol. The summed E-state index contributed by atoms with van der Waals surface area (Å²) in [5, 5.41) is -4.60. The minimum atomic E-state index is -1.22. The quantitative estimate of drug-likeness (QED) is 0.221. The summed E-state index contributed by atoms with van der Waals surface area (Å²) in [5.41, 5.74) is -2.54. The van der Waals surface area contributed by atoms with Crippen LogP contribution in [0.2, 0.25) is 30.1 Å². The van der Waals surface area contributed by atoms with Gasteiger partial charge >= 0.3 is 0 Å². The summed E-state index contributed by atoms with van der Waals surface area (Å²) in [6.07, 6.45) is 0.482. The molecule has 0 saturated heterocycles. The maximum atomic E-state index is 12.1. The number of hydrogen-bond acceptors (Lipinski definition) is 4. The van der Waals surface area contributed by atoms with Crippen molar-refractivity contribution in [2.75, 3.05) is 0 Å². The molecule has 0 saturated carbocycles. The second-order valence-corrected chi connectivity index (χ2v) is 7.95. The lowest BCUT2D eigenvalue weighted by Gasteiger charge is -2.20. The van der Waals surface area contributed by atoms with Gasteiger partial charge in [0.05, 0.1) is 41.3 Å². The Balaban J connectivity index is 3.30. The standard InChI is InChI=1S/C16H2Cl8O4/c17-9-4(2-26)3(1-25)5(10(18)13(9)21)6-7(15(23)27)8(16(24)28)12(20)14(22)11(6)19/h1-2H. The first kappa shape index (κ1) is 23.7. The van der Waals surface area contributed by atoms with Gasteiger partial charge in [-0.05, 0) is 23.2 Å². The Kier molecular flexibility index (Phi) is 7.68. The smallest absolute Gasteiger partial charge is 0.254 e. The summed E-state index contributed by atoms with van der Waals surface area (Å²) in [7, 11) is 0. The molecule has 0 aliphatic carbocycles. The molecule has 0 fully saturated rings. The first-order valence-corrected chi connectivity index (χ1v) is 9.74. The Morgan fingerprint density at radius 3 is 1.39 bits per heavy atom. The Morgan fingerprint density at radius 1 is 0.536 bits per heavy atom. The molecule has 0 radical (unpaired) electrons. The van der Waals surface area contributed by atoms with Crippen LogP contribution in [0.3, 0.4) is 0 Å². The molecule has 4 nitrogen and oxygen atoms in total. The molecule has 0 spiro atoms. The number of halogens is 8. The van der Waals surface area contributed by atoms with E-state index in [9.17, 15) is 19.2 Å². The summed E-state index contributed by atoms with van der Waals surface area (Å²) >= 11 is 47.7. The van der Waals surface area contributed by atoms with Gasteiger partial charge in [0.1, 0.15) is 0 Å². The zero-order valence-corrected chi connectivity index (χ0v) is 18.9. The predicted molar refractivity (Wildman–Crippen MR) is 113 cm³/mol. The molecule has 0 bridgehead atoms. The van der Waals surface area contributed by atoms with Crippen molar-refractivity contribution in [3.05, 3.63) is 52.4 Å². The highest BCUT2D eigenvalue weighted by molar-refractivity contribution is 6.74. The second kappa shape index (κ2) is 9.07. The minimum absolute atomic E-state index is 0.233. The molecule has 2 aromatic rings. The molecule has 12 heteroatoms. The van der Waals surface area contributed by atoms with Crippen LogP contribution in [0.4, 0.5) is 0 Å². The van der Waals surface area contributed by atoms with Gasteiger partial charge in [0, 0.05) is 22.3 Å². The van der Waals surface area contributed by atoms with Gasteiger partial charge in [-0.25, -0.2) is 0 Å². The van der Waals surface area contributed by atoms with Crippen LogP contribution >= 0.6 is 92.8 Å². The third-order valence-corrected chi connectivity index (χ3v) is 6.65. The van der Waals surface area contributed by atoms with Gasteiger partial charge in [0.15, 0.2) is 12.6 Å². The average molecular weight is 542 g/mol. The first-order chi connectivity index (χ1) is 13.0. The van der Waals surface area contributed by atoms with Crippen molar-refractivity contribution >= 4 is 116 Å². The number of aldehydes is 2. The topological polar surface area (TPSA) is 68.3 Å². The first-order valence-electron chi connectivity index (χ1n) is 6.72. The summed E-state index contributed by atoms with van der Waals surface area (Å²) in [6, 6.07) is 0. The number of benzene rings is 2. The number of rotatable bonds is 5. The van der Waals surface area contributed by atoms with E-state index in [2.05, 4.69) is 0 Å². The average Bonchev–Trinajstić information content (AvgIpc) is 2.63. The van der Waals surface area contributed by atoms with E-state index in [1.165, 1.54) is 0 Å². The van der Waals surface area contributed by atoms with Crippen LogP contribution < -0.4 is 0 Å². The molecule has 0 aromatic heterocycles. The highest BCUT2D eigenvalue weighted by atomic mass is 35.5. The lowest BCUT2D eigenvalue weighted by molar-refractivity contribution is 0.105. The van der Waals surface area contributed by atoms with Crippen molar-refractivity contribution in [1.29, 1.82) is 0 Å². The second-order valence-electron chi connectivity index (χ2n) is 4.99. The molecule has 0 atom stereocenters. The van der Waals surface area contributed by atoms with Crippen LogP contribution in [0, 0.1) is 0 Å². The molecule has 0 aliphatic rings. The van der Waals surface area contributed by atoms with Gasteiger partial charge in [-0.15, -0.1) is 0 Å². The Morgan fingerprint density at radius 2 is 0.964 bits per heavy atom. The lowest BCUT2D eigenvalue weighted by Crippen LogP contribution is -2.09. The molecule has 0 unspecified atom stereocenters. The van der Waals surface area contributed by atoms with E-state index in [1.807, 2.05) is 0 Å². The van der Waals surface area contributed by atoms with Crippen LogP contribution in [0.15, 0.2) is 0 Å². The molecule has 0 amide bonds. The maximum absolute atomic E-state index is 12.1. The van der Waals surface area contributed by atoms with Gasteiger partial charge in [0.25, 0.3) is 10.5 Å². The third-order valence-electron chi connectivity index (χ3n) is 3.60. The van der Waals surface area contributed by atoms with Crippen LogP contribution in [0.1, 0.15) is 41.4 Å². The zero-order valence-electron chi connectivity index (χ0n) is 12.8. The van der Waals surface area contributed by atoms with Crippen molar-refractivity contribution in [3.8, 4) is 11.1 Å². The molecule has 2 rings (SSSR count). The van der Waals surface area contributed by atoms with Gasteiger partial charge in [-0.3, -0.25) is 19.2 Å². The van der Waals surface area contributed by atoms with Crippen LogP contribution in [-0.2, 0) is 0 Å². The third kappa shape index (κ3) is 3.78. The number of hydrogen-bond donors (Lipinski definition) is 0. The van der Waals surface area contributed by atoms with Gasteiger partial charge in [-0.2, -0.15) is 0 Å². The van der Waals surface area contributed by atoms with Crippen molar-refractivity contribution in [1.82, 2.24) is 0 Å². The normalized spacial score (nSPS) is 10.7. The summed E-state index contributed by atoms with van der Waals surface area (Å²) in [5.74, 6) is 0. The maximum Gasteiger partial charge on any atom is 0.254 e. The summed E-state index contributed by atoms with van der Waals surface area (Å²) in [6.45, 7) is 0. The van der Waals surface area contributed by atoms with Crippen LogP contribution in [0.25, 0.3) is 11.1 Å². The Bertz CT molecular complexity index is 1080. The van der Waals surface area contributed by atoms with E-state index in [4.69, 9.17) is 92.8 Å². The van der Waals surface area contributed by atoms with E-state index in [1.54, 1.807) is 0 Å². The van der Waals surface area contributed by atoms with Crippen molar-refractivity contribution in [3.63, 3.8) is 0 Å². The molecule has 28 heavy (non-hydrogen) atoms. The van der Waals surface area contributed by atoms with E-state index in [0.717, 1.165) is 0 Å². The van der Waals surface area contributed by atoms with Gasteiger partial charge in [0.2, 0.25) is 0 Å². The highest BCUT2D eigenvalue weighted by Gasteiger charge is 2.33. The van der Waals surface area contributed by atoms with Crippen molar-refractivity contribution in [2.24, 2.45) is 0 Å². The van der Waals surface area contributed by atoms with E-state index in [-0.39, 0.29) is 54.9 Å². The molecule has 0 heterocycles. The Labute approximate surface area is 197 Å². The largest absolute Gasteiger partial charge is 0.298 e. The number of carbonyl (C=O) groups excluding carboxylic acids is 4. The SMILES string of the molecule is O=Cc1c(Cl)c(Cl)c(Cl)c(-c2c(Cl)c(Cl)c(Cl)c(C(=O)Cl)c2C(=O)Cl)c1C=O. The molecule has 146 valence electrons. The minimum Gasteiger partial charge on any atom is -0.298 e. The van der Waals surface area contributed by atoms with Crippen LogP contribution in [-0.4, -0.2) is 23.1 Å². The Hall–Kier alpha value is -0.560. The van der Waals surface area contributed by atoms with Gasteiger partial charge in [-0.1, -0.05) is 69.6 Å². The highest BCUT2D eigenvalue weighted by Crippen LogP contribution is 2.50. The molecule has 0 N–H and O–H groups in total.